The van der Waals surface area contributed by atoms with E-state index in [4.69, 9.17) is 9.72 Å². The lowest BCUT2D eigenvalue weighted by atomic mass is 10.0. The van der Waals surface area contributed by atoms with Gasteiger partial charge in [-0.2, -0.15) is 5.10 Å². The number of piperazine rings is 1. The Morgan fingerprint density at radius 1 is 1.16 bits per heavy atom. The summed E-state index contributed by atoms with van der Waals surface area (Å²) in [5.74, 6) is 0.0671. The van der Waals surface area contributed by atoms with Gasteiger partial charge in [0.1, 0.15) is 0 Å². The van der Waals surface area contributed by atoms with E-state index in [2.05, 4.69) is 10.00 Å². The first-order valence-electron chi connectivity index (χ1n) is 11.1. The lowest BCUT2D eigenvalue weighted by Crippen LogP contribution is -2.50. The van der Waals surface area contributed by atoms with Gasteiger partial charge in [-0.05, 0) is 25.8 Å². The Labute approximate surface area is 182 Å². The Morgan fingerprint density at radius 3 is 2.65 bits per heavy atom. The molecule has 162 valence electrons. The summed E-state index contributed by atoms with van der Waals surface area (Å²) >= 11 is 0. The molecule has 5 rings (SSSR count). The van der Waals surface area contributed by atoms with Crippen molar-refractivity contribution in [3.05, 3.63) is 47.7 Å². The van der Waals surface area contributed by atoms with Gasteiger partial charge in [-0.1, -0.05) is 30.3 Å². The minimum atomic E-state index is 0.0671. The van der Waals surface area contributed by atoms with Gasteiger partial charge in [0.15, 0.2) is 5.65 Å². The number of aromatic nitrogens is 3. The van der Waals surface area contributed by atoms with Gasteiger partial charge < -0.3 is 9.64 Å². The summed E-state index contributed by atoms with van der Waals surface area (Å²) in [5, 5.41) is 5.40. The maximum absolute atomic E-state index is 13.6. The number of aryl methyl sites for hydroxylation is 2. The molecule has 1 unspecified atom stereocenters. The van der Waals surface area contributed by atoms with Crippen molar-refractivity contribution in [2.75, 3.05) is 39.3 Å². The van der Waals surface area contributed by atoms with Crippen molar-refractivity contribution in [1.29, 1.82) is 0 Å². The first-order chi connectivity index (χ1) is 15.1. The van der Waals surface area contributed by atoms with Gasteiger partial charge >= 0.3 is 0 Å². The minimum absolute atomic E-state index is 0.0671. The van der Waals surface area contributed by atoms with Gasteiger partial charge in [-0.15, -0.1) is 0 Å². The topological polar surface area (TPSA) is 63.5 Å². The average molecular weight is 420 g/mol. The molecule has 2 saturated heterocycles. The molecule has 7 heteroatoms. The van der Waals surface area contributed by atoms with Crippen LogP contribution >= 0.6 is 0 Å². The molecule has 0 aliphatic carbocycles. The molecular weight excluding hydrogens is 390 g/mol. The molecule has 2 aliphatic rings. The molecule has 31 heavy (non-hydrogen) atoms. The van der Waals surface area contributed by atoms with Crippen LogP contribution in [-0.4, -0.2) is 75.9 Å². The third kappa shape index (κ3) is 3.95. The van der Waals surface area contributed by atoms with E-state index in [9.17, 15) is 4.79 Å². The van der Waals surface area contributed by atoms with Crippen molar-refractivity contribution in [1.82, 2.24) is 24.6 Å². The monoisotopic (exact) mass is 419 g/mol. The molecule has 0 saturated carbocycles. The molecule has 1 aromatic carbocycles. The third-order valence-electron chi connectivity index (χ3n) is 6.41. The lowest BCUT2D eigenvalue weighted by Gasteiger charge is -2.35. The normalized spacial score (nSPS) is 19.9. The van der Waals surface area contributed by atoms with Gasteiger partial charge in [-0.3, -0.25) is 14.4 Å². The minimum Gasteiger partial charge on any atom is -0.377 e. The van der Waals surface area contributed by atoms with Crippen LogP contribution in [0.15, 0.2) is 36.4 Å². The van der Waals surface area contributed by atoms with Crippen LogP contribution in [0.4, 0.5) is 0 Å². The van der Waals surface area contributed by atoms with Gasteiger partial charge in [0, 0.05) is 51.9 Å². The standard InChI is InChI=1S/C24H29N5O2/c1-17-22-20(15-21(18-7-4-3-5-8-18)25-23(22)27(2)26-17)24(30)29-12-10-28(11-13-29)16-19-9-6-14-31-19/h3-5,7-8,15,19H,6,9-14,16H2,1-2H3. The van der Waals surface area contributed by atoms with Crippen molar-refractivity contribution in [3.63, 3.8) is 0 Å². The van der Waals surface area contributed by atoms with Crippen molar-refractivity contribution >= 4 is 16.9 Å². The number of rotatable bonds is 4. The molecule has 7 nitrogen and oxygen atoms in total. The van der Waals surface area contributed by atoms with Crippen molar-refractivity contribution in [2.24, 2.45) is 7.05 Å². The molecule has 0 bridgehead atoms. The fraction of sp³-hybridized carbons (Fsp3) is 0.458. The predicted octanol–water partition coefficient (Wildman–Crippen LogP) is 2.88. The number of fused-ring (bicyclic) bond motifs is 1. The number of carbonyl (C=O) groups excluding carboxylic acids is 1. The Balaban J connectivity index is 1.42. The molecule has 2 aromatic heterocycles. The highest BCUT2D eigenvalue weighted by atomic mass is 16.5. The van der Waals surface area contributed by atoms with Crippen molar-refractivity contribution in [3.8, 4) is 11.3 Å². The summed E-state index contributed by atoms with van der Waals surface area (Å²) in [6.45, 7) is 7.04. The molecule has 1 amide bonds. The van der Waals surface area contributed by atoms with Crippen LogP contribution in [0, 0.1) is 6.92 Å². The van der Waals surface area contributed by atoms with Crippen LogP contribution in [0.2, 0.25) is 0 Å². The third-order valence-corrected chi connectivity index (χ3v) is 6.41. The smallest absolute Gasteiger partial charge is 0.254 e. The van der Waals surface area contributed by atoms with E-state index in [1.54, 1.807) is 4.68 Å². The fourth-order valence-corrected chi connectivity index (χ4v) is 4.75. The summed E-state index contributed by atoms with van der Waals surface area (Å²) < 4.78 is 7.55. The average Bonchev–Trinajstić information content (AvgIpc) is 3.41. The molecule has 2 fully saturated rings. The highest BCUT2D eigenvalue weighted by Gasteiger charge is 2.28. The predicted molar refractivity (Wildman–Crippen MR) is 120 cm³/mol. The van der Waals surface area contributed by atoms with Crippen LogP contribution in [0.25, 0.3) is 22.3 Å². The number of amides is 1. The van der Waals surface area contributed by atoms with Crippen LogP contribution in [0.3, 0.4) is 0 Å². The van der Waals surface area contributed by atoms with E-state index >= 15 is 0 Å². The van der Waals surface area contributed by atoms with Crippen LogP contribution in [-0.2, 0) is 11.8 Å². The molecular formula is C24H29N5O2. The maximum Gasteiger partial charge on any atom is 0.254 e. The quantitative estimate of drug-likeness (QED) is 0.651. The number of ether oxygens (including phenoxy) is 1. The van der Waals surface area contributed by atoms with Crippen molar-refractivity contribution < 1.29 is 9.53 Å². The molecule has 0 spiro atoms. The summed E-state index contributed by atoms with van der Waals surface area (Å²) in [6.07, 6.45) is 2.67. The van der Waals surface area contributed by atoms with Gasteiger partial charge in [0.25, 0.3) is 5.91 Å². The molecule has 4 heterocycles. The number of benzene rings is 1. The molecule has 2 aliphatic heterocycles. The molecule has 3 aromatic rings. The zero-order valence-electron chi connectivity index (χ0n) is 18.3. The van der Waals surface area contributed by atoms with E-state index in [1.807, 2.05) is 55.3 Å². The van der Waals surface area contributed by atoms with E-state index in [-0.39, 0.29) is 5.91 Å². The van der Waals surface area contributed by atoms with Crippen LogP contribution < -0.4 is 0 Å². The number of nitrogens with zero attached hydrogens (tertiary/aromatic N) is 5. The summed E-state index contributed by atoms with van der Waals surface area (Å²) in [4.78, 5) is 22.9. The summed E-state index contributed by atoms with van der Waals surface area (Å²) in [6, 6.07) is 12.0. The molecule has 0 N–H and O–H groups in total. The fourth-order valence-electron chi connectivity index (χ4n) is 4.75. The van der Waals surface area contributed by atoms with Crippen LogP contribution in [0.5, 0.6) is 0 Å². The van der Waals surface area contributed by atoms with Gasteiger partial charge in [-0.25, -0.2) is 4.98 Å². The van der Waals surface area contributed by atoms with Gasteiger partial charge in [0.2, 0.25) is 0 Å². The number of hydrogen-bond acceptors (Lipinski definition) is 5. The second-order valence-electron chi connectivity index (χ2n) is 8.56. The first-order valence-corrected chi connectivity index (χ1v) is 11.1. The molecule has 0 radical (unpaired) electrons. The molecule has 1 atom stereocenters. The van der Waals surface area contributed by atoms with Crippen LogP contribution in [0.1, 0.15) is 28.9 Å². The van der Waals surface area contributed by atoms with E-state index < -0.39 is 0 Å². The number of hydrogen-bond donors (Lipinski definition) is 0. The Hall–Kier alpha value is -2.77. The maximum atomic E-state index is 13.6. The number of pyridine rings is 1. The highest BCUT2D eigenvalue weighted by molar-refractivity contribution is 6.07. The van der Waals surface area contributed by atoms with E-state index in [0.717, 1.165) is 80.2 Å². The summed E-state index contributed by atoms with van der Waals surface area (Å²) in [7, 11) is 1.88. The lowest BCUT2D eigenvalue weighted by molar-refractivity contribution is 0.0433. The first kappa shape index (κ1) is 20.2. The zero-order chi connectivity index (χ0) is 21.4. The Morgan fingerprint density at radius 2 is 1.94 bits per heavy atom. The highest BCUT2D eigenvalue weighted by Crippen LogP contribution is 2.28. The Kier molecular flexibility index (Phi) is 5.46. The Bertz CT molecular complexity index is 1080. The SMILES string of the molecule is Cc1nn(C)c2nc(-c3ccccc3)cc(C(=O)N3CCN(CC4CCCO4)CC3)c12. The van der Waals surface area contributed by atoms with Gasteiger partial charge in [0.05, 0.1) is 28.4 Å². The van der Waals surface area contributed by atoms with E-state index in [0.29, 0.717) is 11.7 Å². The summed E-state index contributed by atoms with van der Waals surface area (Å²) in [5.41, 5.74) is 4.08. The van der Waals surface area contributed by atoms with Crippen molar-refractivity contribution in [2.45, 2.75) is 25.9 Å². The van der Waals surface area contributed by atoms with E-state index in [1.165, 1.54) is 0 Å². The second kappa shape index (κ2) is 8.40. The largest absolute Gasteiger partial charge is 0.377 e. The zero-order valence-corrected chi connectivity index (χ0v) is 18.3. The number of carbonyl (C=O) groups is 1. The second-order valence-corrected chi connectivity index (χ2v) is 8.56.